The van der Waals surface area contributed by atoms with Crippen LogP contribution in [0.4, 0.5) is 0 Å². The summed E-state index contributed by atoms with van der Waals surface area (Å²) in [6.07, 6.45) is 3.05. The minimum Gasteiger partial charge on any atom is -0.465 e. The van der Waals surface area contributed by atoms with E-state index < -0.39 is 0 Å². The Hall–Kier alpha value is -1.37. The zero-order chi connectivity index (χ0) is 17.2. The summed E-state index contributed by atoms with van der Waals surface area (Å²) in [4.78, 5) is 15.6. The van der Waals surface area contributed by atoms with Crippen LogP contribution < -0.4 is 0 Å². The number of piperidine rings is 1. The van der Waals surface area contributed by atoms with Crippen LogP contribution in [0.25, 0.3) is 0 Å². The van der Waals surface area contributed by atoms with Crippen LogP contribution in [0.1, 0.15) is 30.8 Å². The van der Waals surface area contributed by atoms with Crippen molar-refractivity contribution >= 4 is 5.91 Å². The minimum atomic E-state index is -0.133. The van der Waals surface area contributed by atoms with Crippen molar-refractivity contribution in [1.29, 1.82) is 0 Å². The molecular formula is C18H28N2O4. The fraction of sp³-hybridized carbons (Fsp3) is 0.722. The first-order valence-electron chi connectivity index (χ1n) is 8.69. The Morgan fingerprint density at radius 3 is 3.00 bits per heavy atom. The Bertz CT molecular complexity index is 571. The summed E-state index contributed by atoms with van der Waals surface area (Å²) in [6.45, 7) is 5.46. The standard InChI is InChI=1S/C18H28N2O4/c1-14-5-6-15(24-14)10-20-8-4-7-18(13-20)9-16(11-23-18)22-12-17(21)19(2)3/h5-6,16H,4,7-13H2,1-3H3/t16-,18-/m1/s1. The lowest BCUT2D eigenvalue weighted by Gasteiger charge is -2.39. The molecule has 2 aliphatic rings. The van der Waals surface area contributed by atoms with Crippen molar-refractivity contribution in [3.05, 3.63) is 23.7 Å². The molecule has 0 N–H and O–H groups in total. The summed E-state index contributed by atoms with van der Waals surface area (Å²) in [5, 5.41) is 0. The van der Waals surface area contributed by atoms with E-state index in [-0.39, 0.29) is 24.2 Å². The molecule has 3 heterocycles. The molecule has 0 radical (unpaired) electrons. The number of ether oxygens (including phenoxy) is 2. The zero-order valence-electron chi connectivity index (χ0n) is 14.9. The van der Waals surface area contributed by atoms with Gasteiger partial charge in [0.25, 0.3) is 0 Å². The molecule has 24 heavy (non-hydrogen) atoms. The third-order valence-electron chi connectivity index (χ3n) is 4.91. The van der Waals surface area contributed by atoms with Crippen LogP contribution in [-0.4, -0.2) is 67.8 Å². The normalized spacial score (nSPS) is 27.7. The first kappa shape index (κ1) is 17.5. The second kappa shape index (κ2) is 7.25. The molecule has 0 aliphatic carbocycles. The van der Waals surface area contributed by atoms with Crippen molar-refractivity contribution in [2.75, 3.05) is 40.4 Å². The van der Waals surface area contributed by atoms with Gasteiger partial charge in [-0.2, -0.15) is 0 Å². The van der Waals surface area contributed by atoms with Gasteiger partial charge in [-0.05, 0) is 38.4 Å². The molecular weight excluding hydrogens is 308 g/mol. The Labute approximate surface area is 143 Å². The average Bonchev–Trinajstić information content (AvgIpc) is 3.11. The highest BCUT2D eigenvalue weighted by molar-refractivity contribution is 5.76. The largest absolute Gasteiger partial charge is 0.465 e. The number of furan rings is 1. The van der Waals surface area contributed by atoms with Crippen molar-refractivity contribution in [2.45, 2.75) is 44.4 Å². The van der Waals surface area contributed by atoms with Crippen LogP contribution in [-0.2, 0) is 20.8 Å². The van der Waals surface area contributed by atoms with Crippen molar-refractivity contribution < 1.29 is 18.7 Å². The van der Waals surface area contributed by atoms with Crippen LogP contribution in [0.5, 0.6) is 0 Å². The molecule has 3 rings (SSSR count). The molecule has 0 aromatic carbocycles. The highest BCUT2D eigenvalue weighted by Gasteiger charge is 2.44. The quantitative estimate of drug-likeness (QED) is 0.821. The lowest BCUT2D eigenvalue weighted by Crippen LogP contribution is -2.47. The average molecular weight is 336 g/mol. The number of hydrogen-bond acceptors (Lipinski definition) is 5. The monoisotopic (exact) mass is 336 g/mol. The Balaban J connectivity index is 1.51. The molecule has 2 aliphatic heterocycles. The Morgan fingerprint density at radius 2 is 2.29 bits per heavy atom. The Kier molecular flexibility index (Phi) is 5.27. The molecule has 1 aromatic rings. The number of rotatable bonds is 5. The maximum absolute atomic E-state index is 11.7. The number of aryl methyl sites for hydroxylation is 1. The molecule has 0 unspecified atom stereocenters. The van der Waals surface area contributed by atoms with E-state index in [1.807, 2.05) is 19.1 Å². The van der Waals surface area contributed by atoms with Gasteiger partial charge in [-0.1, -0.05) is 0 Å². The van der Waals surface area contributed by atoms with E-state index in [1.54, 1.807) is 19.0 Å². The van der Waals surface area contributed by atoms with Crippen LogP contribution in [0.2, 0.25) is 0 Å². The van der Waals surface area contributed by atoms with Gasteiger partial charge in [0.05, 0.1) is 24.9 Å². The maximum atomic E-state index is 11.7. The van der Waals surface area contributed by atoms with Gasteiger partial charge in [-0.25, -0.2) is 0 Å². The van der Waals surface area contributed by atoms with E-state index in [0.29, 0.717) is 6.61 Å². The molecule has 2 atom stereocenters. The maximum Gasteiger partial charge on any atom is 0.248 e. The number of carbonyl (C=O) groups excluding carboxylic acids is 1. The van der Waals surface area contributed by atoms with Gasteiger partial charge in [0, 0.05) is 27.1 Å². The van der Waals surface area contributed by atoms with Gasteiger partial charge in [0.15, 0.2) is 0 Å². The summed E-state index contributed by atoms with van der Waals surface area (Å²) in [7, 11) is 3.49. The fourth-order valence-electron chi connectivity index (χ4n) is 3.63. The van der Waals surface area contributed by atoms with E-state index in [4.69, 9.17) is 13.9 Å². The highest BCUT2D eigenvalue weighted by Crippen LogP contribution is 2.36. The fourth-order valence-corrected chi connectivity index (χ4v) is 3.63. The second-order valence-corrected chi connectivity index (χ2v) is 7.25. The molecule has 6 heteroatoms. The molecule has 6 nitrogen and oxygen atoms in total. The van der Waals surface area contributed by atoms with E-state index in [2.05, 4.69) is 4.90 Å². The number of likely N-dealkylation sites (N-methyl/N-ethyl adjacent to an activating group) is 1. The van der Waals surface area contributed by atoms with E-state index in [9.17, 15) is 4.79 Å². The summed E-state index contributed by atoms with van der Waals surface area (Å²) >= 11 is 0. The van der Waals surface area contributed by atoms with Gasteiger partial charge in [-0.15, -0.1) is 0 Å². The molecule has 1 spiro atoms. The van der Waals surface area contributed by atoms with E-state index in [1.165, 1.54) is 0 Å². The molecule has 2 fully saturated rings. The summed E-state index contributed by atoms with van der Waals surface area (Å²) < 4.78 is 17.6. The van der Waals surface area contributed by atoms with Crippen LogP contribution >= 0.6 is 0 Å². The van der Waals surface area contributed by atoms with Gasteiger partial charge in [0.1, 0.15) is 18.1 Å². The third-order valence-corrected chi connectivity index (χ3v) is 4.91. The molecule has 134 valence electrons. The topological polar surface area (TPSA) is 55.2 Å². The van der Waals surface area contributed by atoms with Crippen molar-refractivity contribution in [1.82, 2.24) is 9.80 Å². The molecule has 1 aromatic heterocycles. The smallest absolute Gasteiger partial charge is 0.248 e. The third kappa shape index (κ3) is 4.18. The first-order valence-corrected chi connectivity index (χ1v) is 8.69. The van der Waals surface area contributed by atoms with Gasteiger partial charge >= 0.3 is 0 Å². The predicted octanol–water partition coefficient (Wildman–Crippen LogP) is 1.82. The zero-order valence-corrected chi connectivity index (χ0v) is 14.9. The van der Waals surface area contributed by atoms with Gasteiger partial charge in [-0.3, -0.25) is 9.69 Å². The van der Waals surface area contributed by atoms with Gasteiger partial charge < -0.3 is 18.8 Å². The highest BCUT2D eigenvalue weighted by atomic mass is 16.6. The van der Waals surface area contributed by atoms with Crippen molar-refractivity contribution in [3.8, 4) is 0 Å². The SMILES string of the molecule is Cc1ccc(CN2CCC[C@@]3(C[C@@H](OCC(=O)N(C)C)CO3)C2)o1. The summed E-state index contributed by atoms with van der Waals surface area (Å²) in [5.74, 6) is 1.95. The predicted molar refractivity (Wildman–Crippen MR) is 89.7 cm³/mol. The van der Waals surface area contributed by atoms with E-state index in [0.717, 1.165) is 50.4 Å². The summed E-state index contributed by atoms with van der Waals surface area (Å²) in [5.41, 5.74) is -0.133. The Morgan fingerprint density at radius 1 is 1.46 bits per heavy atom. The number of carbonyl (C=O) groups is 1. The molecule has 0 bridgehead atoms. The number of hydrogen-bond donors (Lipinski definition) is 0. The minimum absolute atomic E-state index is 0.00518. The second-order valence-electron chi connectivity index (χ2n) is 7.25. The molecule has 2 saturated heterocycles. The first-order chi connectivity index (χ1) is 11.5. The van der Waals surface area contributed by atoms with Crippen molar-refractivity contribution in [3.63, 3.8) is 0 Å². The van der Waals surface area contributed by atoms with Crippen LogP contribution in [0.15, 0.2) is 16.5 Å². The summed E-state index contributed by atoms with van der Waals surface area (Å²) in [6, 6.07) is 4.05. The van der Waals surface area contributed by atoms with E-state index >= 15 is 0 Å². The van der Waals surface area contributed by atoms with Crippen LogP contribution in [0, 0.1) is 6.92 Å². The van der Waals surface area contributed by atoms with Gasteiger partial charge in [0.2, 0.25) is 5.91 Å². The van der Waals surface area contributed by atoms with Crippen LogP contribution in [0.3, 0.4) is 0 Å². The number of likely N-dealkylation sites (tertiary alicyclic amines) is 1. The van der Waals surface area contributed by atoms with Crippen molar-refractivity contribution in [2.24, 2.45) is 0 Å². The number of amides is 1. The molecule has 1 amide bonds. The lowest BCUT2D eigenvalue weighted by atomic mass is 9.89. The lowest BCUT2D eigenvalue weighted by molar-refractivity contribution is -0.135. The molecule has 0 saturated carbocycles. The number of nitrogens with zero attached hydrogens (tertiary/aromatic N) is 2.